The number of carbonyl (C=O) groups excluding carboxylic acids is 1. The number of fused-ring (bicyclic) bond motifs is 1. The van der Waals surface area contributed by atoms with Gasteiger partial charge < -0.3 is 9.47 Å². The normalized spacial score (nSPS) is 11.2. The predicted octanol–water partition coefficient (Wildman–Crippen LogP) is 2.81. The molecule has 0 aliphatic carbocycles. The van der Waals surface area contributed by atoms with Gasteiger partial charge in [-0.15, -0.1) is 5.10 Å². The van der Waals surface area contributed by atoms with E-state index in [1.54, 1.807) is 36.4 Å². The van der Waals surface area contributed by atoms with E-state index < -0.39 is 28.3 Å². The Morgan fingerprint density at radius 3 is 2.41 bits per heavy atom. The van der Waals surface area contributed by atoms with E-state index in [1.165, 1.54) is 36.4 Å². The number of rotatable bonds is 8. The van der Waals surface area contributed by atoms with Crippen molar-refractivity contribution in [2.24, 2.45) is 0 Å². The van der Waals surface area contributed by atoms with Crippen LogP contribution in [0.5, 0.6) is 5.75 Å². The van der Waals surface area contributed by atoms with Gasteiger partial charge in [0, 0.05) is 5.69 Å². The lowest BCUT2D eigenvalue weighted by Crippen LogP contribution is -2.26. The third-order valence-corrected chi connectivity index (χ3v) is 6.16. The number of nitrogens with one attached hydrogen (secondary N) is 1. The largest absolute Gasteiger partial charge is 0.494 e. The van der Waals surface area contributed by atoms with Gasteiger partial charge in [-0.05, 0) is 67.6 Å². The highest BCUT2D eigenvalue weighted by atomic mass is 32.2. The van der Waals surface area contributed by atoms with Crippen molar-refractivity contribution < 1.29 is 22.7 Å². The maximum Gasteiger partial charge on any atom is 0.339 e. The molecule has 0 aliphatic heterocycles. The molecule has 10 nitrogen and oxygen atoms in total. The van der Waals surface area contributed by atoms with Crippen molar-refractivity contribution >= 4 is 32.6 Å². The smallest absolute Gasteiger partial charge is 0.339 e. The molecule has 0 spiro atoms. The molecule has 0 atom stereocenters. The van der Waals surface area contributed by atoms with E-state index in [-0.39, 0.29) is 16.1 Å². The molecular formula is C23H20N4O6S. The van der Waals surface area contributed by atoms with Crippen molar-refractivity contribution in [3.05, 3.63) is 88.7 Å². The fraction of sp³-hybridized carbons (Fsp3) is 0.130. The number of anilines is 1. The monoisotopic (exact) mass is 480 g/mol. The Kier molecular flexibility index (Phi) is 6.55. The molecule has 3 aromatic carbocycles. The third kappa shape index (κ3) is 5.04. The van der Waals surface area contributed by atoms with Crippen molar-refractivity contribution in [2.45, 2.75) is 18.6 Å². The fourth-order valence-corrected chi connectivity index (χ4v) is 4.14. The zero-order valence-corrected chi connectivity index (χ0v) is 18.9. The van der Waals surface area contributed by atoms with Gasteiger partial charge in [0.1, 0.15) is 11.3 Å². The van der Waals surface area contributed by atoms with E-state index in [2.05, 4.69) is 15.0 Å². The Morgan fingerprint density at radius 2 is 1.71 bits per heavy atom. The van der Waals surface area contributed by atoms with Crippen molar-refractivity contribution in [3.63, 3.8) is 0 Å². The first kappa shape index (κ1) is 22.9. The number of hydrogen-bond donors (Lipinski definition) is 1. The fourth-order valence-electron chi connectivity index (χ4n) is 3.08. The standard InChI is InChI=1S/C23H20N4O6S/c1-2-32-18-11-13-19(14-12-18)34(30,31)25-17-9-7-16(8-10-17)23(29)33-15-27-22(28)20-5-3-4-6-21(20)24-26-27/h3-14,25H,2,15H2,1H3. The maximum absolute atomic E-state index is 12.6. The van der Waals surface area contributed by atoms with Crippen LogP contribution < -0.4 is 15.0 Å². The Bertz CT molecular complexity index is 1480. The average Bonchev–Trinajstić information content (AvgIpc) is 2.84. The van der Waals surface area contributed by atoms with Crippen LogP contribution in [-0.4, -0.2) is 36.0 Å². The summed E-state index contributed by atoms with van der Waals surface area (Å²) in [6, 6.07) is 18.4. The van der Waals surface area contributed by atoms with Crippen molar-refractivity contribution in [3.8, 4) is 5.75 Å². The molecule has 0 aliphatic rings. The Balaban J connectivity index is 1.40. The van der Waals surface area contributed by atoms with Gasteiger partial charge >= 0.3 is 5.97 Å². The maximum atomic E-state index is 12.6. The van der Waals surface area contributed by atoms with Crippen molar-refractivity contribution in [2.75, 3.05) is 11.3 Å². The van der Waals surface area contributed by atoms with Gasteiger partial charge in [0.2, 0.25) is 0 Å². The molecule has 1 aromatic heterocycles. The number of benzene rings is 3. The van der Waals surface area contributed by atoms with Gasteiger partial charge in [0.25, 0.3) is 15.6 Å². The van der Waals surface area contributed by atoms with E-state index in [1.807, 2.05) is 6.92 Å². The minimum absolute atomic E-state index is 0.0707. The number of aromatic nitrogens is 3. The van der Waals surface area contributed by atoms with Gasteiger partial charge in [-0.25, -0.2) is 13.2 Å². The van der Waals surface area contributed by atoms with Crippen molar-refractivity contribution in [1.29, 1.82) is 0 Å². The number of carbonyl (C=O) groups is 1. The zero-order chi connectivity index (χ0) is 24.1. The average molecular weight is 481 g/mol. The van der Waals surface area contributed by atoms with E-state index in [9.17, 15) is 18.0 Å². The first-order chi connectivity index (χ1) is 16.4. The SMILES string of the molecule is CCOc1ccc(S(=O)(=O)Nc2ccc(C(=O)OCn3nnc4ccccc4c3=O)cc2)cc1. The molecule has 174 valence electrons. The molecule has 1 heterocycles. The summed E-state index contributed by atoms with van der Waals surface area (Å²) in [4.78, 5) is 24.9. The lowest BCUT2D eigenvalue weighted by molar-refractivity contribution is 0.0336. The molecular weight excluding hydrogens is 460 g/mol. The number of ether oxygens (including phenoxy) is 2. The van der Waals surface area contributed by atoms with E-state index in [0.717, 1.165) is 4.68 Å². The van der Waals surface area contributed by atoms with Crippen LogP contribution in [0.2, 0.25) is 0 Å². The van der Waals surface area contributed by atoms with E-state index in [0.29, 0.717) is 23.3 Å². The van der Waals surface area contributed by atoms with E-state index in [4.69, 9.17) is 9.47 Å². The lowest BCUT2D eigenvalue weighted by Gasteiger charge is -2.10. The molecule has 34 heavy (non-hydrogen) atoms. The van der Waals surface area contributed by atoms with Crippen LogP contribution >= 0.6 is 0 Å². The molecule has 0 unspecified atom stereocenters. The molecule has 0 radical (unpaired) electrons. The predicted molar refractivity (Wildman–Crippen MR) is 124 cm³/mol. The quantitative estimate of drug-likeness (QED) is 0.381. The van der Waals surface area contributed by atoms with Gasteiger partial charge in [0.15, 0.2) is 6.73 Å². The summed E-state index contributed by atoms with van der Waals surface area (Å²) in [5.41, 5.74) is 0.448. The number of sulfonamides is 1. The number of esters is 1. The molecule has 0 fully saturated rings. The van der Waals surface area contributed by atoms with Crippen LogP contribution in [0.3, 0.4) is 0 Å². The minimum Gasteiger partial charge on any atom is -0.494 e. The van der Waals surface area contributed by atoms with Gasteiger partial charge in [-0.3, -0.25) is 9.52 Å². The first-order valence-corrected chi connectivity index (χ1v) is 11.7. The lowest BCUT2D eigenvalue weighted by atomic mass is 10.2. The van der Waals surface area contributed by atoms with Crippen LogP contribution in [0.15, 0.2) is 82.5 Å². The summed E-state index contributed by atoms with van der Waals surface area (Å²) < 4.78 is 39.0. The molecule has 0 saturated carbocycles. The summed E-state index contributed by atoms with van der Waals surface area (Å²) in [7, 11) is -3.82. The summed E-state index contributed by atoms with van der Waals surface area (Å²) in [6.45, 7) is 1.90. The second-order valence-electron chi connectivity index (χ2n) is 7.06. The Hall–Kier alpha value is -4.25. The second kappa shape index (κ2) is 9.71. The molecule has 4 aromatic rings. The third-order valence-electron chi connectivity index (χ3n) is 4.77. The molecule has 4 rings (SSSR count). The molecule has 1 N–H and O–H groups in total. The van der Waals surface area contributed by atoms with Crippen LogP contribution in [-0.2, 0) is 21.5 Å². The first-order valence-electron chi connectivity index (χ1n) is 10.2. The highest BCUT2D eigenvalue weighted by Gasteiger charge is 2.15. The van der Waals surface area contributed by atoms with Crippen LogP contribution in [0.1, 0.15) is 17.3 Å². The van der Waals surface area contributed by atoms with Gasteiger partial charge in [-0.1, -0.05) is 17.3 Å². The highest BCUT2D eigenvalue weighted by Crippen LogP contribution is 2.20. The summed E-state index contributed by atoms with van der Waals surface area (Å²) in [5, 5.41) is 8.05. The highest BCUT2D eigenvalue weighted by molar-refractivity contribution is 7.92. The Labute approximate surface area is 194 Å². The minimum atomic E-state index is -3.82. The topological polar surface area (TPSA) is 129 Å². The van der Waals surface area contributed by atoms with Crippen LogP contribution in [0.4, 0.5) is 5.69 Å². The van der Waals surface area contributed by atoms with Crippen molar-refractivity contribution in [1.82, 2.24) is 15.0 Å². The van der Waals surface area contributed by atoms with Crippen LogP contribution in [0, 0.1) is 0 Å². The summed E-state index contributed by atoms with van der Waals surface area (Å²) in [6.07, 6.45) is 0. The Morgan fingerprint density at radius 1 is 1.00 bits per heavy atom. The second-order valence-corrected chi connectivity index (χ2v) is 8.74. The molecule has 0 bridgehead atoms. The summed E-state index contributed by atoms with van der Waals surface area (Å²) >= 11 is 0. The number of hydrogen-bond acceptors (Lipinski definition) is 8. The molecule has 0 saturated heterocycles. The van der Waals surface area contributed by atoms with Gasteiger partial charge in [0.05, 0.1) is 22.5 Å². The van der Waals surface area contributed by atoms with E-state index >= 15 is 0 Å². The summed E-state index contributed by atoms with van der Waals surface area (Å²) in [5.74, 6) is -0.135. The zero-order valence-electron chi connectivity index (χ0n) is 18.0. The molecule has 11 heteroatoms. The van der Waals surface area contributed by atoms with Gasteiger partial charge in [-0.2, -0.15) is 4.68 Å². The molecule has 0 amide bonds. The van der Waals surface area contributed by atoms with Crippen LogP contribution in [0.25, 0.3) is 10.9 Å². The number of nitrogens with zero attached hydrogens (tertiary/aromatic N) is 3.